The van der Waals surface area contributed by atoms with Crippen molar-refractivity contribution < 1.29 is 9.32 Å². The van der Waals surface area contributed by atoms with Crippen molar-refractivity contribution >= 4 is 17.5 Å². The average molecular weight is 382 g/mol. The van der Waals surface area contributed by atoms with Crippen LogP contribution in [0, 0.1) is 0 Å². The quantitative estimate of drug-likeness (QED) is 0.654. The van der Waals surface area contributed by atoms with E-state index >= 15 is 0 Å². The number of aryl methyl sites for hydroxylation is 2. The van der Waals surface area contributed by atoms with Crippen molar-refractivity contribution in [2.75, 3.05) is 7.05 Å². The molecule has 2 aromatic carbocycles. The minimum Gasteiger partial charge on any atom is -0.339 e. The Balaban J connectivity index is 1.38. The second kappa shape index (κ2) is 7.53. The highest BCUT2D eigenvalue weighted by Crippen LogP contribution is 2.35. The summed E-state index contributed by atoms with van der Waals surface area (Å²) < 4.78 is 5.30. The maximum Gasteiger partial charge on any atom is 0.227 e. The Labute approximate surface area is 163 Å². The standard InChI is InChI=1S/C21H20ClN3O2/c1-25(18-11-8-14-4-2-3-5-17(14)18)20(26)13-12-19-23-21(24-27-19)15-6-9-16(22)10-7-15/h2-7,9-10,18H,8,11-13H2,1H3. The van der Waals surface area contributed by atoms with E-state index in [1.54, 1.807) is 12.1 Å². The highest BCUT2D eigenvalue weighted by molar-refractivity contribution is 6.30. The number of rotatable bonds is 5. The molecular formula is C21H20ClN3O2. The van der Waals surface area contributed by atoms with Gasteiger partial charge in [-0.2, -0.15) is 4.98 Å². The first-order valence-electron chi connectivity index (χ1n) is 9.04. The Morgan fingerprint density at radius 1 is 1.22 bits per heavy atom. The minimum absolute atomic E-state index is 0.0861. The summed E-state index contributed by atoms with van der Waals surface area (Å²) in [5, 5.41) is 4.65. The van der Waals surface area contributed by atoms with E-state index in [0.717, 1.165) is 18.4 Å². The number of hydrogen-bond donors (Lipinski definition) is 0. The number of carbonyl (C=O) groups excluding carboxylic acids is 1. The van der Waals surface area contributed by atoms with Crippen molar-refractivity contribution in [3.8, 4) is 11.4 Å². The van der Waals surface area contributed by atoms with E-state index in [2.05, 4.69) is 28.3 Å². The lowest BCUT2D eigenvalue weighted by Crippen LogP contribution is -2.30. The minimum atomic E-state index is 0.0861. The first-order valence-corrected chi connectivity index (χ1v) is 9.41. The third kappa shape index (κ3) is 3.74. The van der Waals surface area contributed by atoms with Gasteiger partial charge in [-0.15, -0.1) is 0 Å². The van der Waals surface area contributed by atoms with Gasteiger partial charge in [-0.1, -0.05) is 41.0 Å². The highest BCUT2D eigenvalue weighted by Gasteiger charge is 2.28. The van der Waals surface area contributed by atoms with Gasteiger partial charge in [0.05, 0.1) is 6.04 Å². The molecule has 0 radical (unpaired) electrons. The van der Waals surface area contributed by atoms with Crippen LogP contribution in [0.1, 0.15) is 35.9 Å². The molecule has 4 rings (SSSR count). The zero-order valence-electron chi connectivity index (χ0n) is 15.1. The molecule has 1 aliphatic rings. The van der Waals surface area contributed by atoms with E-state index < -0.39 is 0 Å². The molecule has 0 aliphatic heterocycles. The van der Waals surface area contributed by atoms with Gasteiger partial charge in [-0.05, 0) is 48.2 Å². The molecule has 138 valence electrons. The predicted molar refractivity (Wildman–Crippen MR) is 103 cm³/mol. The SMILES string of the molecule is CN(C(=O)CCc1nc(-c2ccc(Cl)cc2)no1)C1CCc2ccccc21. The van der Waals surface area contributed by atoms with Crippen LogP contribution in [0.2, 0.25) is 5.02 Å². The maximum atomic E-state index is 12.6. The monoisotopic (exact) mass is 381 g/mol. The molecule has 3 aromatic rings. The van der Waals surface area contributed by atoms with Gasteiger partial charge in [0, 0.05) is 30.5 Å². The normalized spacial score (nSPS) is 15.6. The zero-order valence-corrected chi connectivity index (χ0v) is 15.8. The number of nitrogens with zero attached hydrogens (tertiary/aromatic N) is 3. The van der Waals surface area contributed by atoms with Crippen LogP contribution in [0.4, 0.5) is 0 Å². The Morgan fingerprint density at radius 3 is 2.81 bits per heavy atom. The third-order valence-corrected chi connectivity index (χ3v) is 5.34. The van der Waals surface area contributed by atoms with Crippen molar-refractivity contribution in [2.45, 2.75) is 31.7 Å². The molecule has 0 fully saturated rings. The molecular weight excluding hydrogens is 362 g/mol. The first kappa shape index (κ1) is 17.7. The van der Waals surface area contributed by atoms with E-state index in [0.29, 0.717) is 29.6 Å². The number of carbonyl (C=O) groups is 1. The van der Waals surface area contributed by atoms with Gasteiger partial charge in [0.15, 0.2) is 0 Å². The molecule has 0 saturated carbocycles. The van der Waals surface area contributed by atoms with E-state index in [-0.39, 0.29) is 11.9 Å². The zero-order chi connectivity index (χ0) is 18.8. The van der Waals surface area contributed by atoms with Gasteiger partial charge in [0.25, 0.3) is 0 Å². The Hall–Kier alpha value is -2.66. The Bertz CT molecular complexity index is 952. The van der Waals surface area contributed by atoms with Crippen LogP contribution in [-0.2, 0) is 17.6 Å². The lowest BCUT2D eigenvalue weighted by molar-refractivity contribution is -0.132. The predicted octanol–water partition coefficient (Wildman–Crippen LogP) is 4.47. The summed E-state index contributed by atoms with van der Waals surface area (Å²) in [4.78, 5) is 18.9. The number of benzene rings is 2. The molecule has 1 aromatic heterocycles. The Morgan fingerprint density at radius 2 is 2.00 bits per heavy atom. The fourth-order valence-corrected chi connectivity index (χ4v) is 3.70. The second-order valence-electron chi connectivity index (χ2n) is 6.78. The molecule has 0 spiro atoms. The maximum absolute atomic E-state index is 12.6. The third-order valence-electron chi connectivity index (χ3n) is 5.09. The van der Waals surface area contributed by atoms with Crippen LogP contribution in [0.15, 0.2) is 53.1 Å². The number of hydrogen-bond acceptors (Lipinski definition) is 4. The summed E-state index contributed by atoms with van der Waals surface area (Å²) in [5.74, 6) is 1.06. The first-order chi connectivity index (χ1) is 13.1. The van der Waals surface area contributed by atoms with Gasteiger partial charge in [0.2, 0.25) is 17.6 Å². The fourth-order valence-electron chi connectivity index (χ4n) is 3.57. The fraction of sp³-hybridized carbons (Fsp3) is 0.286. The van der Waals surface area contributed by atoms with E-state index in [9.17, 15) is 4.79 Å². The Kier molecular flexibility index (Phi) is 4.94. The van der Waals surface area contributed by atoms with Gasteiger partial charge in [-0.25, -0.2) is 0 Å². The summed E-state index contributed by atoms with van der Waals surface area (Å²) in [7, 11) is 1.88. The van der Waals surface area contributed by atoms with E-state index in [1.165, 1.54) is 11.1 Å². The van der Waals surface area contributed by atoms with Crippen LogP contribution in [0.25, 0.3) is 11.4 Å². The summed E-state index contributed by atoms with van der Waals surface area (Å²) in [5.41, 5.74) is 3.43. The molecule has 0 N–H and O–H groups in total. The molecule has 1 atom stereocenters. The van der Waals surface area contributed by atoms with Crippen LogP contribution in [0.5, 0.6) is 0 Å². The van der Waals surface area contributed by atoms with Crippen molar-refractivity contribution in [1.29, 1.82) is 0 Å². The average Bonchev–Trinajstić information content (AvgIpc) is 3.33. The lowest BCUT2D eigenvalue weighted by atomic mass is 10.1. The van der Waals surface area contributed by atoms with Gasteiger partial charge in [-0.3, -0.25) is 4.79 Å². The smallest absolute Gasteiger partial charge is 0.227 e. The molecule has 6 heteroatoms. The molecule has 1 aliphatic carbocycles. The molecule has 1 amide bonds. The number of aromatic nitrogens is 2. The van der Waals surface area contributed by atoms with Crippen LogP contribution >= 0.6 is 11.6 Å². The number of fused-ring (bicyclic) bond motifs is 1. The van der Waals surface area contributed by atoms with Crippen molar-refractivity contribution in [2.24, 2.45) is 0 Å². The highest BCUT2D eigenvalue weighted by atomic mass is 35.5. The van der Waals surface area contributed by atoms with Gasteiger partial charge in [0.1, 0.15) is 0 Å². The van der Waals surface area contributed by atoms with Gasteiger partial charge < -0.3 is 9.42 Å². The molecule has 5 nitrogen and oxygen atoms in total. The van der Waals surface area contributed by atoms with Crippen LogP contribution < -0.4 is 0 Å². The summed E-state index contributed by atoms with van der Waals surface area (Å²) in [6, 6.07) is 15.7. The van der Waals surface area contributed by atoms with Crippen molar-refractivity contribution in [3.63, 3.8) is 0 Å². The van der Waals surface area contributed by atoms with E-state index in [1.807, 2.05) is 30.1 Å². The van der Waals surface area contributed by atoms with E-state index in [4.69, 9.17) is 16.1 Å². The van der Waals surface area contributed by atoms with Crippen LogP contribution in [0.3, 0.4) is 0 Å². The van der Waals surface area contributed by atoms with Gasteiger partial charge >= 0.3 is 0 Å². The summed E-state index contributed by atoms with van der Waals surface area (Å²) in [6.07, 6.45) is 2.77. The lowest BCUT2D eigenvalue weighted by Gasteiger charge is -2.25. The molecule has 0 bridgehead atoms. The molecule has 1 heterocycles. The summed E-state index contributed by atoms with van der Waals surface area (Å²) >= 11 is 5.90. The number of halogens is 1. The topological polar surface area (TPSA) is 59.2 Å². The van der Waals surface area contributed by atoms with Crippen molar-refractivity contribution in [3.05, 3.63) is 70.6 Å². The molecule has 27 heavy (non-hydrogen) atoms. The van der Waals surface area contributed by atoms with Crippen molar-refractivity contribution in [1.82, 2.24) is 15.0 Å². The van der Waals surface area contributed by atoms with Crippen LogP contribution in [-0.4, -0.2) is 28.0 Å². The molecule has 0 saturated heterocycles. The largest absolute Gasteiger partial charge is 0.339 e. The molecule has 1 unspecified atom stereocenters. The summed E-state index contributed by atoms with van der Waals surface area (Å²) in [6.45, 7) is 0. The second-order valence-corrected chi connectivity index (χ2v) is 7.21. The number of amides is 1.